The molecule has 164 valence electrons. The van der Waals surface area contributed by atoms with Crippen molar-refractivity contribution in [2.75, 3.05) is 43.2 Å². The Bertz CT molecular complexity index is 1140. The second-order valence-corrected chi connectivity index (χ2v) is 8.11. The van der Waals surface area contributed by atoms with Gasteiger partial charge in [0.05, 0.1) is 0 Å². The van der Waals surface area contributed by atoms with E-state index >= 15 is 0 Å². The smallest absolute Gasteiger partial charge is 0.321 e. The summed E-state index contributed by atoms with van der Waals surface area (Å²) in [6.07, 6.45) is 4.02. The molecule has 4 heterocycles. The molecule has 2 aliphatic heterocycles. The van der Waals surface area contributed by atoms with Crippen molar-refractivity contribution in [3.8, 4) is 22.9 Å². The molecule has 1 saturated heterocycles. The summed E-state index contributed by atoms with van der Waals surface area (Å²) in [5, 5.41) is 7.00. The van der Waals surface area contributed by atoms with Gasteiger partial charge in [0.25, 0.3) is 0 Å². The Balaban J connectivity index is 1.05. The van der Waals surface area contributed by atoms with E-state index in [4.69, 9.17) is 14.0 Å². The number of rotatable bonds is 4. The van der Waals surface area contributed by atoms with Crippen molar-refractivity contribution in [2.24, 2.45) is 0 Å². The monoisotopic (exact) mass is 434 g/mol. The molecule has 2 amide bonds. The van der Waals surface area contributed by atoms with Crippen LogP contribution in [0.4, 0.5) is 16.3 Å². The summed E-state index contributed by atoms with van der Waals surface area (Å²) in [6, 6.07) is 9.18. The normalized spacial score (nSPS) is 17.5. The molecule has 10 nitrogen and oxygen atoms in total. The molecule has 0 unspecified atom stereocenters. The molecule has 0 bridgehead atoms. The van der Waals surface area contributed by atoms with Crippen LogP contribution in [0.5, 0.6) is 11.5 Å². The molecule has 10 heteroatoms. The lowest BCUT2D eigenvalue weighted by molar-refractivity contribution is 0.174. The van der Waals surface area contributed by atoms with Gasteiger partial charge in [-0.25, -0.2) is 9.78 Å². The largest absolute Gasteiger partial charge is 0.454 e. The first kappa shape index (κ1) is 18.9. The van der Waals surface area contributed by atoms with Gasteiger partial charge in [-0.2, -0.15) is 4.98 Å². The fraction of sp³-hybridized carbons (Fsp3) is 0.364. The Morgan fingerprint density at radius 2 is 1.88 bits per heavy atom. The summed E-state index contributed by atoms with van der Waals surface area (Å²) in [5.41, 5.74) is 1.52. The Morgan fingerprint density at radius 3 is 2.66 bits per heavy atom. The van der Waals surface area contributed by atoms with Gasteiger partial charge in [-0.15, -0.1) is 0 Å². The highest BCUT2D eigenvalue weighted by Gasteiger charge is 2.30. The van der Waals surface area contributed by atoms with Gasteiger partial charge in [-0.3, -0.25) is 0 Å². The summed E-state index contributed by atoms with van der Waals surface area (Å²) in [4.78, 5) is 25.7. The Labute approximate surface area is 184 Å². The third-order valence-electron chi connectivity index (χ3n) is 5.89. The van der Waals surface area contributed by atoms with Gasteiger partial charge in [-0.1, -0.05) is 5.16 Å². The van der Waals surface area contributed by atoms with Crippen molar-refractivity contribution < 1.29 is 18.8 Å². The van der Waals surface area contributed by atoms with Crippen molar-refractivity contribution in [3.05, 3.63) is 42.4 Å². The summed E-state index contributed by atoms with van der Waals surface area (Å²) >= 11 is 0. The van der Waals surface area contributed by atoms with Gasteiger partial charge < -0.3 is 29.1 Å². The summed E-state index contributed by atoms with van der Waals surface area (Å²) in [7, 11) is 0. The zero-order valence-corrected chi connectivity index (χ0v) is 17.4. The molecule has 0 spiro atoms. The number of nitrogens with zero attached hydrogens (tertiary/aromatic N) is 5. The molecular weight excluding hydrogens is 412 g/mol. The second-order valence-electron chi connectivity index (χ2n) is 8.11. The highest BCUT2D eigenvalue weighted by molar-refractivity contribution is 5.90. The van der Waals surface area contributed by atoms with E-state index in [0.29, 0.717) is 55.1 Å². The van der Waals surface area contributed by atoms with E-state index in [1.807, 2.05) is 18.2 Å². The molecular formula is C22H22N6O4. The molecule has 1 aliphatic carbocycles. The van der Waals surface area contributed by atoms with Crippen molar-refractivity contribution in [1.29, 1.82) is 0 Å². The molecule has 1 N–H and O–H groups in total. The highest BCUT2D eigenvalue weighted by atomic mass is 16.7. The summed E-state index contributed by atoms with van der Waals surface area (Å²) < 4.78 is 16.0. The topological polar surface area (TPSA) is 106 Å². The molecule has 1 aromatic carbocycles. The van der Waals surface area contributed by atoms with Crippen molar-refractivity contribution in [2.45, 2.75) is 18.8 Å². The van der Waals surface area contributed by atoms with Crippen LogP contribution in [-0.2, 0) is 0 Å². The number of benzene rings is 1. The van der Waals surface area contributed by atoms with Crippen LogP contribution in [0.3, 0.4) is 0 Å². The zero-order chi connectivity index (χ0) is 21.5. The molecule has 1 saturated carbocycles. The number of pyridine rings is 1. The number of hydrogen-bond acceptors (Lipinski definition) is 8. The number of hydrogen-bond donors (Lipinski definition) is 1. The number of carbonyl (C=O) groups excluding carboxylic acids is 1. The fourth-order valence-electron chi connectivity index (χ4n) is 3.87. The number of nitrogens with one attached hydrogen (secondary N) is 1. The minimum absolute atomic E-state index is 0.129. The molecule has 2 aromatic heterocycles. The van der Waals surface area contributed by atoms with Crippen LogP contribution < -0.4 is 19.7 Å². The number of ether oxygens (including phenoxy) is 2. The molecule has 3 aliphatic rings. The van der Waals surface area contributed by atoms with Gasteiger partial charge in [0.2, 0.25) is 18.5 Å². The number of anilines is 2. The average Bonchev–Trinajstić information content (AvgIpc) is 3.37. The van der Waals surface area contributed by atoms with E-state index in [-0.39, 0.29) is 12.8 Å². The van der Waals surface area contributed by atoms with Crippen molar-refractivity contribution >= 4 is 17.5 Å². The van der Waals surface area contributed by atoms with Crippen LogP contribution in [0.1, 0.15) is 24.7 Å². The number of fused-ring (bicyclic) bond motifs is 1. The zero-order valence-electron chi connectivity index (χ0n) is 17.4. The Morgan fingerprint density at radius 1 is 1.03 bits per heavy atom. The van der Waals surface area contributed by atoms with E-state index in [2.05, 4.69) is 25.3 Å². The third kappa shape index (κ3) is 3.68. The highest BCUT2D eigenvalue weighted by Crippen LogP contribution is 2.39. The average molecular weight is 434 g/mol. The lowest BCUT2D eigenvalue weighted by atomic mass is 10.2. The SMILES string of the molecule is O=C(Nc1ccc2c(c1)OCO2)N1CCN(c2ccc(-c3noc(C4CC4)n3)cn2)CC1. The first-order valence-corrected chi connectivity index (χ1v) is 10.7. The summed E-state index contributed by atoms with van der Waals surface area (Å²) in [6.45, 7) is 2.83. The number of carbonyl (C=O) groups is 1. The van der Waals surface area contributed by atoms with E-state index < -0.39 is 0 Å². The van der Waals surface area contributed by atoms with Gasteiger partial charge in [0, 0.05) is 55.6 Å². The third-order valence-corrected chi connectivity index (χ3v) is 5.89. The first-order valence-electron chi connectivity index (χ1n) is 10.7. The second kappa shape index (κ2) is 7.70. The minimum Gasteiger partial charge on any atom is -0.454 e. The lowest BCUT2D eigenvalue weighted by Crippen LogP contribution is -2.50. The maximum absolute atomic E-state index is 12.7. The van der Waals surface area contributed by atoms with Crippen LogP contribution in [0, 0.1) is 0 Å². The number of aromatic nitrogens is 3. The van der Waals surface area contributed by atoms with Crippen LogP contribution in [0.2, 0.25) is 0 Å². The predicted molar refractivity (Wildman–Crippen MR) is 115 cm³/mol. The van der Waals surface area contributed by atoms with Crippen LogP contribution >= 0.6 is 0 Å². The van der Waals surface area contributed by atoms with E-state index in [1.165, 1.54) is 0 Å². The molecule has 32 heavy (non-hydrogen) atoms. The van der Waals surface area contributed by atoms with Crippen molar-refractivity contribution in [3.63, 3.8) is 0 Å². The van der Waals surface area contributed by atoms with E-state index in [1.54, 1.807) is 23.2 Å². The standard InChI is InChI=1S/C22H22N6O4/c29-22(24-16-4-5-17-18(11-16)31-13-30-17)28-9-7-27(8-10-28)19-6-3-15(12-23-19)20-25-21(32-26-20)14-1-2-14/h3-6,11-12,14H,1-2,7-10,13H2,(H,24,29). The number of piperazine rings is 1. The van der Waals surface area contributed by atoms with Crippen LogP contribution in [-0.4, -0.2) is 59.0 Å². The first-order chi connectivity index (χ1) is 15.7. The number of urea groups is 1. The van der Waals surface area contributed by atoms with E-state index in [9.17, 15) is 4.79 Å². The van der Waals surface area contributed by atoms with Crippen LogP contribution in [0.25, 0.3) is 11.4 Å². The van der Waals surface area contributed by atoms with Gasteiger partial charge in [0.15, 0.2) is 11.5 Å². The Hall–Kier alpha value is -3.82. The predicted octanol–water partition coefficient (Wildman–Crippen LogP) is 3.09. The molecule has 0 atom stereocenters. The Kier molecular flexibility index (Phi) is 4.55. The minimum atomic E-state index is -0.129. The maximum atomic E-state index is 12.7. The quantitative estimate of drug-likeness (QED) is 0.668. The molecule has 0 radical (unpaired) electrons. The van der Waals surface area contributed by atoms with Gasteiger partial charge in [0.1, 0.15) is 5.82 Å². The lowest BCUT2D eigenvalue weighted by Gasteiger charge is -2.35. The number of amides is 2. The molecule has 3 aromatic rings. The van der Waals surface area contributed by atoms with Gasteiger partial charge >= 0.3 is 6.03 Å². The van der Waals surface area contributed by atoms with Crippen molar-refractivity contribution in [1.82, 2.24) is 20.0 Å². The van der Waals surface area contributed by atoms with E-state index in [0.717, 1.165) is 30.1 Å². The molecule has 6 rings (SSSR count). The fourth-order valence-corrected chi connectivity index (χ4v) is 3.87. The summed E-state index contributed by atoms with van der Waals surface area (Å²) in [5.74, 6) is 3.94. The molecule has 2 fully saturated rings. The maximum Gasteiger partial charge on any atom is 0.321 e. The van der Waals surface area contributed by atoms with Gasteiger partial charge in [-0.05, 0) is 37.1 Å². The van der Waals surface area contributed by atoms with Crippen LogP contribution in [0.15, 0.2) is 41.1 Å².